The second-order valence-electron chi connectivity index (χ2n) is 1.93. The lowest BCUT2D eigenvalue weighted by molar-refractivity contribution is 0.545. The van der Waals surface area contributed by atoms with Gasteiger partial charge in [0.05, 0.1) is 0 Å². The molecular formula is C8H11F. The van der Waals surface area contributed by atoms with Gasteiger partial charge < -0.3 is 0 Å². The minimum Gasteiger partial charge on any atom is -0.244 e. The van der Waals surface area contributed by atoms with E-state index in [4.69, 9.17) is 6.42 Å². The molecule has 9 heavy (non-hydrogen) atoms. The lowest BCUT2D eigenvalue weighted by Gasteiger charge is -1.91. The fourth-order valence-electron chi connectivity index (χ4n) is 0.612. The van der Waals surface area contributed by atoms with E-state index in [9.17, 15) is 4.39 Å². The Kier molecular flexibility index (Phi) is 7.07. The zero-order valence-corrected chi connectivity index (χ0v) is 5.49. The fourth-order valence-corrected chi connectivity index (χ4v) is 0.612. The van der Waals surface area contributed by atoms with E-state index in [1.165, 1.54) is 0 Å². The predicted molar refractivity (Wildman–Crippen MR) is 35.6 cm³/mol. The summed E-state index contributed by atoms with van der Waals surface area (Å²) in [5.41, 5.74) is 0. The van der Waals surface area contributed by atoms with Gasteiger partial charge in [-0.15, -0.1) is 0 Å². The Balaban J connectivity index is 2.69. The zero-order chi connectivity index (χ0) is 6.95. The molecule has 0 bridgehead atoms. The van der Waals surface area contributed by atoms with Gasteiger partial charge in [-0.25, -0.2) is 4.39 Å². The van der Waals surface area contributed by atoms with Crippen molar-refractivity contribution in [3.8, 4) is 5.92 Å². The van der Waals surface area contributed by atoms with Gasteiger partial charge in [0.1, 0.15) is 6.67 Å². The van der Waals surface area contributed by atoms with Gasteiger partial charge in [0.25, 0.3) is 0 Å². The molecule has 0 saturated carbocycles. The van der Waals surface area contributed by atoms with Crippen molar-refractivity contribution in [3.05, 3.63) is 13.1 Å². The van der Waals surface area contributed by atoms with E-state index < -0.39 is 0 Å². The van der Waals surface area contributed by atoms with E-state index in [1.54, 1.807) is 0 Å². The van der Waals surface area contributed by atoms with Crippen LogP contribution in [0.25, 0.3) is 0 Å². The summed E-state index contributed by atoms with van der Waals surface area (Å²) in [5.74, 6) is 2.29. The van der Waals surface area contributed by atoms with Crippen LogP contribution in [0.5, 0.6) is 0 Å². The fraction of sp³-hybridized carbons (Fsp3) is 0.625. The van der Waals surface area contributed by atoms with Crippen molar-refractivity contribution in [2.24, 2.45) is 0 Å². The van der Waals surface area contributed by atoms with Gasteiger partial charge in [0.2, 0.25) is 0 Å². The Morgan fingerprint density at radius 3 is 2.67 bits per heavy atom. The summed E-state index contributed by atoms with van der Waals surface area (Å²) in [7, 11) is 0. The molecular weight excluding hydrogens is 115 g/mol. The molecule has 0 unspecified atom stereocenters. The summed E-state index contributed by atoms with van der Waals surface area (Å²) in [6.07, 6.45) is 10.7. The van der Waals surface area contributed by atoms with Crippen molar-refractivity contribution < 1.29 is 4.39 Å². The second-order valence-corrected chi connectivity index (χ2v) is 1.93. The van der Waals surface area contributed by atoms with Crippen LogP contribution < -0.4 is 0 Å². The number of hydrogen-bond acceptors (Lipinski definition) is 0. The first-order valence-corrected chi connectivity index (χ1v) is 3.23. The average Bonchev–Trinajstić information content (AvgIpc) is 1.89. The van der Waals surface area contributed by atoms with E-state index >= 15 is 0 Å². The lowest BCUT2D eigenvalue weighted by atomic mass is 10.2. The summed E-state index contributed by atoms with van der Waals surface area (Å²) >= 11 is 0. The van der Waals surface area contributed by atoms with Crippen molar-refractivity contribution in [2.75, 3.05) is 0 Å². The van der Waals surface area contributed by atoms with Gasteiger partial charge in [-0.05, 0) is 19.3 Å². The van der Waals surface area contributed by atoms with Crippen LogP contribution in [0.4, 0.5) is 4.39 Å². The highest BCUT2D eigenvalue weighted by molar-refractivity contribution is 4.74. The normalized spacial score (nSPS) is 8.89. The monoisotopic (exact) mass is 126 g/mol. The van der Waals surface area contributed by atoms with Crippen LogP contribution in [-0.2, 0) is 0 Å². The Morgan fingerprint density at radius 2 is 2.11 bits per heavy atom. The third-order valence-corrected chi connectivity index (χ3v) is 1.12. The molecule has 0 N–H and O–H groups in total. The Bertz CT molecular complexity index is 81.1. The molecule has 50 valence electrons. The maximum absolute atomic E-state index is 11.3. The highest BCUT2D eigenvalue weighted by Crippen LogP contribution is 2.03. The van der Waals surface area contributed by atoms with E-state index in [2.05, 4.69) is 5.92 Å². The predicted octanol–water partition coefficient (Wildman–Crippen LogP) is 2.66. The summed E-state index contributed by atoms with van der Waals surface area (Å²) in [6.45, 7) is 0.689. The van der Waals surface area contributed by atoms with Crippen LogP contribution in [0.3, 0.4) is 0 Å². The van der Waals surface area contributed by atoms with Crippen LogP contribution in [0.1, 0.15) is 32.1 Å². The van der Waals surface area contributed by atoms with Crippen molar-refractivity contribution in [1.82, 2.24) is 0 Å². The number of halogens is 1. The maximum atomic E-state index is 11.3. The van der Waals surface area contributed by atoms with Gasteiger partial charge in [0.15, 0.2) is 0 Å². The molecule has 0 aliphatic heterocycles. The van der Waals surface area contributed by atoms with Gasteiger partial charge in [-0.1, -0.05) is 18.8 Å². The minimum atomic E-state index is 0.554. The smallest absolute Gasteiger partial charge is 0.131 e. The van der Waals surface area contributed by atoms with Crippen molar-refractivity contribution in [3.63, 3.8) is 0 Å². The van der Waals surface area contributed by atoms with Crippen molar-refractivity contribution in [1.29, 1.82) is 0 Å². The SMILES string of the molecule is [C]#CCCCCC[CH]F. The Labute approximate surface area is 56.5 Å². The molecule has 0 atom stereocenters. The van der Waals surface area contributed by atoms with Gasteiger partial charge in [-0.2, -0.15) is 0 Å². The summed E-state index contributed by atoms with van der Waals surface area (Å²) in [6, 6.07) is 0. The second kappa shape index (κ2) is 7.49. The molecule has 0 saturated heterocycles. The first kappa shape index (κ1) is 8.49. The van der Waals surface area contributed by atoms with E-state index in [1.807, 2.05) is 0 Å². The van der Waals surface area contributed by atoms with Crippen LogP contribution in [0.15, 0.2) is 0 Å². The number of unbranched alkanes of at least 4 members (excludes halogenated alkanes) is 4. The minimum absolute atomic E-state index is 0.554. The molecule has 0 nitrogen and oxygen atoms in total. The van der Waals surface area contributed by atoms with Crippen molar-refractivity contribution >= 4 is 0 Å². The topological polar surface area (TPSA) is 0 Å². The first-order chi connectivity index (χ1) is 4.41. The van der Waals surface area contributed by atoms with E-state index in [0.29, 0.717) is 19.5 Å². The molecule has 1 heteroatoms. The highest BCUT2D eigenvalue weighted by atomic mass is 19.1. The highest BCUT2D eigenvalue weighted by Gasteiger charge is 1.86. The number of rotatable bonds is 5. The largest absolute Gasteiger partial charge is 0.244 e. The number of hydrogen-bond donors (Lipinski definition) is 0. The molecule has 0 aromatic carbocycles. The Morgan fingerprint density at radius 1 is 1.33 bits per heavy atom. The van der Waals surface area contributed by atoms with Crippen LogP contribution in [-0.4, -0.2) is 0 Å². The van der Waals surface area contributed by atoms with Crippen LogP contribution in [0.2, 0.25) is 0 Å². The van der Waals surface area contributed by atoms with Crippen LogP contribution in [0, 0.1) is 19.0 Å². The molecule has 0 aliphatic rings. The molecule has 0 aliphatic carbocycles. The lowest BCUT2D eigenvalue weighted by Crippen LogP contribution is -1.75. The maximum Gasteiger partial charge on any atom is 0.131 e. The molecule has 0 heterocycles. The summed E-state index contributed by atoms with van der Waals surface area (Å²) in [4.78, 5) is 0. The quantitative estimate of drug-likeness (QED) is 0.392. The standard InChI is InChI=1S/C8H11F/c1-2-3-4-5-6-7-8-9/h8H,3-7H2. The average molecular weight is 126 g/mol. The summed E-state index contributed by atoms with van der Waals surface area (Å²) < 4.78 is 11.3. The molecule has 2 radical (unpaired) electrons. The van der Waals surface area contributed by atoms with Crippen LogP contribution >= 0.6 is 0 Å². The third-order valence-electron chi connectivity index (χ3n) is 1.12. The summed E-state index contributed by atoms with van der Waals surface area (Å²) in [5, 5.41) is 0. The van der Waals surface area contributed by atoms with E-state index in [-0.39, 0.29) is 0 Å². The van der Waals surface area contributed by atoms with Gasteiger partial charge in [-0.3, -0.25) is 0 Å². The zero-order valence-electron chi connectivity index (χ0n) is 5.49. The third kappa shape index (κ3) is 7.49. The Hall–Kier alpha value is -0.510. The molecule has 0 amide bonds. The molecule has 0 fully saturated rings. The molecule has 0 aromatic rings. The van der Waals surface area contributed by atoms with Crippen molar-refractivity contribution in [2.45, 2.75) is 32.1 Å². The molecule has 0 rings (SSSR count). The molecule has 0 aromatic heterocycles. The van der Waals surface area contributed by atoms with E-state index in [0.717, 1.165) is 19.3 Å². The first-order valence-electron chi connectivity index (χ1n) is 3.23. The van der Waals surface area contributed by atoms with Gasteiger partial charge >= 0.3 is 0 Å². The molecule has 0 spiro atoms. The van der Waals surface area contributed by atoms with Gasteiger partial charge in [0, 0.05) is 6.42 Å².